The van der Waals surface area contributed by atoms with Crippen molar-refractivity contribution in [2.75, 3.05) is 6.54 Å². The fourth-order valence-electron chi connectivity index (χ4n) is 2.29. The van der Waals surface area contributed by atoms with Crippen LogP contribution in [0.3, 0.4) is 0 Å². The number of ether oxygens (including phenoxy) is 1. The zero-order valence-electron chi connectivity index (χ0n) is 12.5. The second-order valence-electron chi connectivity index (χ2n) is 6.13. The van der Waals surface area contributed by atoms with Gasteiger partial charge in [-0.15, -0.1) is 11.8 Å². The molecular weight excluding hydrogens is 272 g/mol. The van der Waals surface area contributed by atoms with Crippen molar-refractivity contribution in [1.29, 1.82) is 0 Å². The monoisotopic (exact) mass is 294 g/mol. The molecule has 1 aliphatic rings. The topological polar surface area (TPSA) is 51.2 Å². The quantitative estimate of drug-likeness (QED) is 0.906. The summed E-state index contributed by atoms with van der Waals surface area (Å²) in [4.78, 5) is 17.4. The van der Waals surface area contributed by atoms with Crippen LogP contribution in [0.4, 0.5) is 4.79 Å². The number of carbonyl (C=O) groups is 1. The summed E-state index contributed by atoms with van der Waals surface area (Å²) in [5.41, 5.74) is 0.627. The van der Waals surface area contributed by atoms with E-state index in [-0.39, 0.29) is 12.0 Å². The molecule has 20 heavy (non-hydrogen) atoms. The van der Waals surface area contributed by atoms with Crippen molar-refractivity contribution in [3.8, 4) is 0 Å². The Morgan fingerprint density at radius 2 is 2.30 bits per heavy atom. The molecular formula is C15H22N2O2S. The van der Waals surface area contributed by atoms with E-state index in [0.29, 0.717) is 11.8 Å². The van der Waals surface area contributed by atoms with Gasteiger partial charge in [-0.2, -0.15) is 0 Å². The van der Waals surface area contributed by atoms with E-state index in [9.17, 15) is 4.79 Å². The highest BCUT2D eigenvalue weighted by molar-refractivity contribution is 8.00. The SMILES string of the molecule is C[C@@H]1C[C@@H](CNC(=O)OC(C)(C)C)c2ncccc2S1. The van der Waals surface area contributed by atoms with E-state index >= 15 is 0 Å². The molecule has 0 aromatic carbocycles. The van der Waals surface area contributed by atoms with Gasteiger partial charge in [-0.25, -0.2) is 4.79 Å². The fourth-order valence-corrected chi connectivity index (χ4v) is 3.55. The van der Waals surface area contributed by atoms with Crippen molar-refractivity contribution in [3.63, 3.8) is 0 Å². The normalized spacial score (nSPS) is 22.0. The van der Waals surface area contributed by atoms with Crippen LogP contribution < -0.4 is 5.32 Å². The van der Waals surface area contributed by atoms with Crippen LogP contribution in [-0.2, 0) is 4.74 Å². The molecule has 1 aromatic rings. The van der Waals surface area contributed by atoms with Gasteiger partial charge < -0.3 is 10.1 Å². The zero-order valence-corrected chi connectivity index (χ0v) is 13.3. The molecule has 2 rings (SSSR count). The summed E-state index contributed by atoms with van der Waals surface area (Å²) in [7, 11) is 0. The van der Waals surface area contributed by atoms with Gasteiger partial charge in [-0.05, 0) is 39.3 Å². The summed E-state index contributed by atoms with van der Waals surface area (Å²) in [6.07, 6.45) is 2.47. The lowest BCUT2D eigenvalue weighted by molar-refractivity contribution is 0.0523. The van der Waals surface area contributed by atoms with Crippen molar-refractivity contribution in [3.05, 3.63) is 24.0 Å². The first-order chi connectivity index (χ1) is 9.35. The van der Waals surface area contributed by atoms with Crippen LogP contribution >= 0.6 is 11.8 Å². The highest BCUT2D eigenvalue weighted by Gasteiger charge is 2.27. The van der Waals surface area contributed by atoms with Gasteiger partial charge in [0.25, 0.3) is 0 Å². The van der Waals surface area contributed by atoms with Crippen LogP contribution in [0.5, 0.6) is 0 Å². The van der Waals surface area contributed by atoms with Gasteiger partial charge in [0.1, 0.15) is 5.60 Å². The first-order valence-corrected chi connectivity index (χ1v) is 7.81. The second kappa shape index (κ2) is 6.04. The van der Waals surface area contributed by atoms with Crippen molar-refractivity contribution in [1.82, 2.24) is 10.3 Å². The molecule has 1 amide bonds. The highest BCUT2D eigenvalue weighted by Crippen LogP contribution is 2.40. The number of hydrogen-bond acceptors (Lipinski definition) is 4. The number of pyridine rings is 1. The van der Waals surface area contributed by atoms with E-state index in [0.717, 1.165) is 12.1 Å². The van der Waals surface area contributed by atoms with Crippen LogP contribution in [0.2, 0.25) is 0 Å². The minimum Gasteiger partial charge on any atom is -0.444 e. The summed E-state index contributed by atoms with van der Waals surface area (Å²) >= 11 is 1.85. The molecule has 0 fully saturated rings. The first kappa shape index (κ1) is 15.2. The van der Waals surface area contributed by atoms with Gasteiger partial charge in [0.15, 0.2) is 0 Å². The molecule has 0 saturated carbocycles. The molecule has 1 aliphatic heterocycles. The molecule has 0 spiro atoms. The Bertz CT molecular complexity index is 485. The number of amides is 1. The molecule has 0 radical (unpaired) electrons. The van der Waals surface area contributed by atoms with Gasteiger partial charge >= 0.3 is 6.09 Å². The number of carbonyl (C=O) groups excluding carboxylic acids is 1. The number of thioether (sulfide) groups is 1. The number of aromatic nitrogens is 1. The van der Waals surface area contributed by atoms with Crippen molar-refractivity contribution >= 4 is 17.9 Å². The predicted octanol–water partition coefficient (Wildman–Crippen LogP) is 3.57. The number of hydrogen-bond donors (Lipinski definition) is 1. The summed E-state index contributed by atoms with van der Waals surface area (Å²) in [6.45, 7) is 8.37. The molecule has 5 heteroatoms. The molecule has 110 valence electrons. The molecule has 0 unspecified atom stereocenters. The Morgan fingerprint density at radius 3 is 3.00 bits per heavy atom. The van der Waals surface area contributed by atoms with E-state index in [4.69, 9.17) is 4.74 Å². The molecule has 1 aromatic heterocycles. The van der Waals surface area contributed by atoms with Gasteiger partial charge in [-0.1, -0.05) is 6.92 Å². The Kier molecular flexibility index (Phi) is 4.58. The van der Waals surface area contributed by atoms with Crippen molar-refractivity contribution < 1.29 is 9.53 Å². The van der Waals surface area contributed by atoms with Gasteiger partial charge in [0, 0.05) is 28.8 Å². The Morgan fingerprint density at radius 1 is 1.55 bits per heavy atom. The lowest BCUT2D eigenvalue weighted by Gasteiger charge is -2.28. The predicted molar refractivity (Wildman–Crippen MR) is 81.2 cm³/mol. The van der Waals surface area contributed by atoms with Crippen LogP contribution in [0.15, 0.2) is 23.2 Å². The van der Waals surface area contributed by atoms with Crippen LogP contribution in [-0.4, -0.2) is 28.5 Å². The minimum atomic E-state index is -0.462. The summed E-state index contributed by atoms with van der Waals surface area (Å²) < 4.78 is 5.27. The number of nitrogens with zero attached hydrogens (tertiary/aromatic N) is 1. The first-order valence-electron chi connectivity index (χ1n) is 6.93. The zero-order chi connectivity index (χ0) is 14.8. The van der Waals surface area contributed by atoms with Gasteiger partial charge in [0.2, 0.25) is 0 Å². The fraction of sp³-hybridized carbons (Fsp3) is 0.600. The average molecular weight is 294 g/mol. The average Bonchev–Trinajstić information content (AvgIpc) is 2.33. The van der Waals surface area contributed by atoms with Gasteiger partial charge in [0.05, 0.1) is 5.69 Å². The lowest BCUT2D eigenvalue weighted by Crippen LogP contribution is -2.36. The maximum absolute atomic E-state index is 11.7. The standard InChI is InChI=1S/C15H22N2O2S/c1-10-8-11(9-17-14(18)19-15(2,3)4)13-12(20-10)6-5-7-16-13/h5-7,10-11H,8-9H2,1-4H3,(H,17,18)/t10-,11+/m1/s1. The number of rotatable bonds is 2. The minimum absolute atomic E-state index is 0.259. The molecule has 2 heterocycles. The summed E-state index contributed by atoms with van der Waals surface area (Å²) in [5, 5.41) is 3.40. The summed E-state index contributed by atoms with van der Waals surface area (Å²) in [6, 6.07) is 4.06. The smallest absolute Gasteiger partial charge is 0.407 e. The molecule has 0 bridgehead atoms. The third-order valence-electron chi connectivity index (χ3n) is 3.02. The lowest BCUT2D eigenvalue weighted by atomic mass is 9.98. The number of alkyl carbamates (subject to hydrolysis) is 1. The maximum atomic E-state index is 11.7. The molecule has 4 nitrogen and oxygen atoms in total. The van der Waals surface area contributed by atoms with Crippen LogP contribution in [0.25, 0.3) is 0 Å². The maximum Gasteiger partial charge on any atom is 0.407 e. The molecule has 0 saturated heterocycles. The van der Waals surface area contributed by atoms with Crippen LogP contribution in [0, 0.1) is 0 Å². The largest absolute Gasteiger partial charge is 0.444 e. The molecule has 0 aliphatic carbocycles. The Hall–Kier alpha value is -1.23. The van der Waals surface area contributed by atoms with Crippen molar-refractivity contribution in [2.45, 2.75) is 55.8 Å². The van der Waals surface area contributed by atoms with E-state index < -0.39 is 5.60 Å². The Labute approximate surface area is 124 Å². The van der Waals surface area contributed by atoms with Crippen molar-refractivity contribution in [2.24, 2.45) is 0 Å². The highest BCUT2D eigenvalue weighted by atomic mass is 32.2. The molecule has 1 N–H and O–H groups in total. The summed E-state index contributed by atoms with van der Waals surface area (Å²) in [5.74, 6) is 0.259. The third kappa shape index (κ3) is 4.13. The second-order valence-corrected chi connectivity index (χ2v) is 7.61. The van der Waals surface area contributed by atoms with E-state index in [1.54, 1.807) is 0 Å². The van der Waals surface area contributed by atoms with Crippen LogP contribution in [0.1, 0.15) is 45.7 Å². The number of nitrogens with one attached hydrogen (secondary N) is 1. The molecule has 2 atom stereocenters. The van der Waals surface area contributed by atoms with E-state index in [2.05, 4.69) is 23.3 Å². The third-order valence-corrected chi connectivity index (χ3v) is 4.22. The number of fused-ring (bicyclic) bond motifs is 1. The van der Waals surface area contributed by atoms with E-state index in [1.165, 1.54) is 4.90 Å². The Balaban J connectivity index is 1.98. The van der Waals surface area contributed by atoms with E-state index in [1.807, 2.05) is 44.8 Å². The van der Waals surface area contributed by atoms with Gasteiger partial charge in [-0.3, -0.25) is 4.98 Å².